The molecule has 18 heavy (non-hydrogen) atoms. The normalized spacial score (nSPS) is 17.9. The minimum Gasteiger partial charge on any atom is -0.490 e. The standard InChI is InChI=1S/C14H20O4/c1-3-16-10(2)14(15)11-5-6-12-13(9-11)18-8-4-7-17-12/h5-6,9-10,14-15H,3-4,7-8H2,1-2H3. The van der Waals surface area contributed by atoms with Gasteiger partial charge in [-0.05, 0) is 31.5 Å². The van der Waals surface area contributed by atoms with Crippen LogP contribution in [0.25, 0.3) is 0 Å². The minimum absolute atomic E-state index is 0.236. The smallest absolute Gasteiger partial charge is 0.161 e. The molecule has 1 aromatic rings. The molecule has 0 fully saturated rings. The fraction of sp³-hybridized carbons (Fsp3) is 0.571. The van der Waals surface area contributed by atoms with Gasteiger partial charge in [0.05, 0.1) is 19.3 Å². The second kappa shape index (κ2) is 6.07. The van der Waals surface area contributed by atoms with Crippen LogP contribution >= 0.6 is 0 Å². The van der Waals surface area contributed by atoms with Crippen LogP contribution in [0.2, 0.25) is 0 Å². The number of hydrogen-bond acceptors (Lipinski definition) is 4. The lowest BCUT2D eigenvalue weighted by Crippen LogP contribution is -2.18. The first-order chi connectivity index (χ1) is 8.72. The van der Waals surface area contributed by atoms with E-state index in [0.29, 0.717) is 25.6 Å². The van der Waals surface area contributed by atoms with Crippen molar-refractivity contribution in [1.82, 2.24) is 0 Å². The largest absolute Gasteiger partial charge is 0.490 e. The van der Waals surface area contributed by atoms with Gasteiger partial charge < -0.3 is 19.3 Å². The van der Waals surface area contributed by atoms with E-state index >= 15 is 0 Å². The second-order valence-corrected chi connectivity index (χ2v) is 4.36. The summed E-state index contributed by atoms with van der Waals surface area (Å²) in [5.74, 6) is 1.44. The van der Waals surface area contributed by atoms with E-state index in [1.54, 1.807) is 0 Å². The van der Waals surface area contributed by atoms with E-state index in [-0.39, 0.29) is 6.10 Å². The van der Waals surface area contributed by atoms with Gasteiger partial charge in [-0.1, -0.05) is 6.07 Å². The van der Waals surface area contributed by atoms with Crippen molar-refractivity contribution in [3.8, 4) is 11.5 Å². The van der Waals surface area contributed by atoms with Crippen LogP contribution < -0.4 is 9.47 Å². The van der Waals surface area contributed by atoms with Crippen molar-refractivity contribution in [1.29, 1.82) is 0 Å². The highest BCUT2D eigenvalue weighted by atomic mass is 16.5. The summed E-state index contributed by atoms with van der Waals surface area (Å²) in [5.41, 5.74) is 0.792. The first kappa shape index (κ1) is 13.2. The molecule has 2 unspecified atom stereocenters. The molecule has 4 nitrogen and oxygen atoms in total. The molecule has 4 heteroatoms. The number of aliphatic hydroxyl groups is 1. The van der Waals surface area contributed by atoms with Crippen molar-refractivity contribution < 1.29 is 19.3 Å². The third-order valence-electron chi connectivity index (χ3n) is 2.99. The van der Waals surface area contributed by atoms with Gasteiger partial charge in [-0.25, -0.2) is 0 Å². The zero-order valence-electron chi connectivity index (χ0n) is 10.9. The Hall–Kier alpha value is -1.26. The van der Waals surface area contributed by atoms with Gasteiger partial charge >= 0.3 is 0 Å². The molecule has 2 atom stereocenters. The number of ether oxygens (including phenoxy) is 3. The second-order valence-electron chi connectivity index (χ2n) is 4.36. The van der Waals surface area contributed by atoms with E-state index < -0.39 is 6.10 Å². The maximum absolute atomic E-state index is 10.2. The zero-order valence-corrected chi connectivity index (χ0v) is 10.9. The van der Waals surface area contributed by atoms with Gasteiger partial charge in [-0.15, -0.1) is 0 Å². The summed E-state index contributed by atoms with van der Waals surface area (Å²) in [6.45, 7) is 5.68. The van der Waals surface area contributed by atoms with Crippen molar-refractivity contribution in [2.75, 3.05) is 19.8 Å². The minimum atomic E-state index is -0.651. The Bertz CT molecular complexity index is 391. The molecule has 1 heterocycles. The highest BCUT2D eigenvalue weighted by molar-refractivity contribution is 5.44. The highest BCUT2D eigenvalue weighted by Gasteiger charge is 2.19. The highest BCUT2D eigenvalue weighted by Crippen LogP contribution is 2.33. The summed E-state index contributed by atoms with van der Waals surface area (Å²) in [5, 5.41) is 10.2. The van der Waals surface area contributed by atoms with Gasteiger partial charge in [0.15, 0.2) is 11.5 Å². The number of aliphatic hydroxyl groups excluding tert-OH is 1. The molecule has 0 spiro atoms. The summed E-state index contributed by atoms with van der Waals surface area (Å²) in [4.78, 5) is 0. The van der Waals surface area contributed by atoms with E-state index in [0.717, 1.165) is 17.7 Å². The van der Waals surface area contributed by atoms with E-state index in [9.17, 15) is 5.11 Å². The molecule has 0 bridgehead atoms. The van der Waals surface area contributed by atoms with Crippen molar-refractivity contribution in [2.45, 2.75) is 32.5 Å². The van der Waals surface area contributed by atoms with E-state index in [2.05, 4.69) is 0 Å². The van der Waals surface area contributed by atoms with Crippen molar-refractivity contribution in [3.63, 3.8) is 0 Å². The number of rotatable bonds is 4. The van der Waals surface area contributed by atoms with E-state index in [1.165, 1.54) is 0 Å². The predicted octanol–water partition coefficient (Wildman–Crippen LogP) is 2.31. The SMILES string of the molecule is CCOC(C)C(O)c1ccc2c(c1)OCCCO2. The van der Waals surface area contributed by atoms with Crippen LogP contribution in [0, 0.1) is 0 Å². The lowest BCUT2D eigenvalue weighted by Gasteiger charge is -2.20. The average Bonchev–Trinajstić information content (AvgIpc) is 2.62. The Morgan fingerprint density at radius 1 is 1.28 bits per heavy atom. The van der Waals surface area contributed by atoms with Gasteiger partial charge in [-0.3, -0.25) is 0 Å². The summed E-state index contributed by atoms with van der Waals surface area (Å²) < 4.78 is 16.6. The number of benzene rings is 1. The Kier molecular flexibility index (Phi) is 4.44. The van der Waals surface area contributed by atoms with Crippen LogP contribution in [-0.4, -0.2) is 31.0 Å². The maximum Gasteiger partial charge on any atom is 0.161 e. The summed E-state index contributed by atoms with van der Waals surface area (Å²) in [6, 6.07) is 5.53. The van der Waals surface area contributed by atoms with Gasteiger partial charge in [0.1, 0.15) is 6.10 Å². The molecule has 100 valence electrons. The summed E-state index contributed by atoms with van der Waals surface area (Å²) in [7, 11) is 0. The van der Waals surface area contributed by atoms with E-state index in [1.807, 2.05) is 32.0 Å². The molecule has 0 aliphatic carbocycles. The first-order valence-electron chi connectivity index (χ1n) is 6.41. The van der Waals surface area contributed by atoms with Gasteiger partial charge in [0.2, 0.25) is 0 Å². The predicted molar refractivity (Wildman–Crippen MR) is 68.1 cm³/mol. The fourth-order valence-corrected chi connectivity index (χ4v) is 1.99. The number of hydrogen-bond donors (Lipinski definition) is 1. The topological polar surface area (TPSA) is 47.9 Å². The van der Waals surface area contributed by atoms with Crippen LogP contribution in [0.4, 0.5) is 0 Å². The molecule has 1 aliphatic heterocycles. The van der Waals surface area contributed by atoms with Gasteiger partial charge in [0.25, 0.3) is 0 Å². The monoisotopic (exact) mass is 252 g/mol. The Morgan fingerprint density at radius 2 is 2.00 bits per heavy atom. The molecular formula is C14H20O4. The molecule has 0 saturated heterocycles. The molecule has 0 radical (unpaired) electrons. The van der Waals surface area contributed by atoms with Crippen LogP contribution in [0.3, 0.4) is 0 Å². The molecule has 1 N–H and O–H groups in total. The Balaban J connectivity index is 2.17. The molecule has 0 saturated carbocycles. The first-order valence-corrected chi connectivity index (χ1v) is 6.41. The van der Waals surface area contributed by atoms with Crippen molar-refractivity contribution in [3.05, 3.63) is 23.8 Å². The number of fused-ring (bicyclic) bond motifs is 1. The van der Waals surface area contributed by atoms with Gasteiger partial charge in [-0.2, -0.15) is 0 Å². The summed E-state index contributed by atoms with van der Waals surface area (Å²) >= 11 is 0. The van der Waals surface area contributed by atoms with Crippen LogP contribution in [0.15, 0.2) is 18.2 Å². The van der Waals surface area contributed by atoms with Gasteiger partial charge in [0, 0.05) is 13.0 Å². The quantitative estimate of drug-likeness (QED) is 0.893. The maximum atomic E-state index is 10.2. The molecule has 1 aliphatic rings. The Morgan fingerprint density at radius 3 is 2.72 bits per heavy atom. The van der Waals surface area contributed by atoms with E-state index in [4.69, 9.17) is 14.2 Å². The average molecular weight is 252 g/mol. The van der Waals surface area contributed by atoms with Crippen molar-refractivity contribution in [2.24, 2.45) is 0 Å². The Labute approximate surface area is 107 Å². The third-order valence-corrected chi connectivity index (χ3v) is 2.99. The molecule has 0 aromatic heterocycles. The molecule has 2 rings (SSSR count). The van der Waals surface area contributed by atoms with Crippen LogP contribution in [0.1, 0.15) is 31.9 Å². The van der Waals surface area contributed by atoms with Crippen LogP contribution in [-0.2, 0) is 4.74 Å². The zero-order chi connectivity index (χ0) is 13.0. The molecule has 1 aromatic carbocycles. The molecule has 0 amide bonds. The fourth-order valence-electron chi connectivity index (χ4n) is 1.99. The third kappa shape index (κ3) is 2.94. The van der Waals surface area contributed by atoms with Crippen molar-refractivity contribution >= 4 is 0 Å². The summed E-state index contributed by atoms with van der Waals surface area (Å²) in [6.07, 6.45) is -0.0103. The lowest BCUT2D eigenvalue weighted by atomic mass is 10.0. The lowest BCUT2D eigenvalue weighted by molar-refractivity contribution is -0.0228. The molecular weight excluding hydrogens is 232 g/mol. The van der Waals surface area contributed by atoms with Crippen LogP contribution in [0.5, 0.6) is 11.5 Å².